The first-order valence-electron chi connectivity index (χ1n) is 5.04. The zero-order valence-electron chi connectivity index (χ0n) is 9.18. The molecule has 0 fully saturated rings. The van der Waals surface area contributed by atoms with Gasteiger partial charge in [-0.25, -0.2) is 4.98 Å². The van der Waals surface area contributed by atoms with E-state index in [0.29, 0.717) is 6.54 Å². The molecule has 88 valence electrons. The molecule has 1 rings (SSSR count). The van der Waals surface area contributed by atoms with Crippen LogP contribution in [0, 0.1) is 0 Å². The molecule has 0 atom stereocenters. The highest BCUT2D eigenvalue weighted by atomic mass is 16.5. The van der Waals surface area contributed by atoms with E-state index in [1.54, 1.807) is 12.5 Å². The number of hydrogen-bond donors (Lipinski definition) is 1. The quantitative estimate of drug-likeness (QED) is 0.544. The number of carbonyl (C=O) groups excluding carboxylic acids is 2. The van der Waals surface area contributed by atoms with Crippen LogP contribution in [0.2, 0.25) is 0 Å². The highest BCUT2D eigenvalue weighted by Gasteiger charge is 2.02. The van der Waals surface area contributed by atoms with Gasteiger partial charge in [0.2, 0.25) is 0 Å². The van der Waals surface area contributed by atoms with Crippen LogP contribution < -0.4 is 5.32 Å². The van der Waals surface area contributed by atoms with Gasteiger partial charge in [-0.2, -0.15) is 0 Å². The van der Waals surface area contributed by atoms with Crippen molar-refractivity contribution < 1.29 is 14.3 Å². The van der Waals surface area contributed by atoms with Crippen molar-refractivity contribution in [2.75, 3.05) is 13.2 Å². The van der Waals surface area contributed by atoms with Crippen LogP contribution in [-0.2, 0) is 20.9 Å². The minimum atomic E-state index is -0.450. The Kier molecular flexibility index (Phi) is 5.04. The summed E-state index contributed by atoms with van der Waals surface area (Å²) in [5, 5.41) is 2.65. The molecule has 1 amide bonds. The molecule has 6 heteroatoms. The molecule has 6 nitrogen and oxygen atoms in total. The first kappa shape index (κ1) is 12.2. The maximum Gasteiger partial charge on any atom is 0.303 e. The summed E-state index contributed by atoms with van der Waals surface area (Å²) in [6.45, 7) is 2.42. The predicted molar refractivity (Wildman–Crippen MR) is 56.5 cm³/mol. The van der Waals surface area contributed by atoms with E-state index in [0.717, 1.165) is 13.0 Å². The average Bonchev–Trinajstić information content (AvgIpc) is 2.74. The van der Waals surface area contributed by atoms with E-state index in [2.05, 4.69) is 15.0 Å². The summed E-state index contributed by atoms with van der Waals surface area (Å²) in [6.07, 6.45) is 6.10. The van der Waals surface area contributed by atoms with Gasteiger partial charge < -0.3 is 14.6 Å². The van der Waals surface area contributed by atoms with Crippen molar-refractivity contribution in [3.05, 3.63) is 18.7 Å². The highest BCUT2D eigenvalue weighted by Crippen LogP contribution is 1.89. The summed E-state index contributed by atoms with van der Waals surface area (Å²) in [6, 6.07) is 0. The molecule has 0 unspecified atom stereocenters. The Hall–Kier alpha value is -1.85. The molecule has 0 radical (unpaired) electrons. The lowest BCUT2D eigenvalue weighted by molar-refractivity contribution is -0.146. The molecule has 0 bridgehead atoms. The molecule has 0 aliphatic heterocycles. The van der Waals surface area contributed by atoms with E-state index in [4.69, 9.17) is 0 Å². The van der Waals surface area contributed by atoms with Gasteiger partial charge in [0.1, 0.15) is 0 Å². The minimum Gasteiger partial charge on any atom is -0.456 e. The third-order valence-corrected chi connectivity index (χ3v) is 1.88. The summed E-state index contributed by atoms with van der Waals surface area (Å²) in [4.78, 5) is 25.4. The lowest BCUT2D eigenvalue weighted by Gasteiger charge is -2.05. The van der Waals surface area contributed by atoms with Crippen LogP contribution in [0.5, 0.6) is 0 Å². The van der Waals surface area contributed by atoms with Gasteiger partial charge >= 0.3 is 5.97 Å². The number of nitrogens with one attached hydrogen (secondary N) is 1. The van der Waals surface area contributed by atoms with E-state index in [1.807, 2.05) is 10.8 Å². The number of ether oxygens (including phenoxy) is 1. The fraction of sp³-hybridized carbons (Fsp3) is 0.500. The Bertz CT molecular complexity index is 335. The van der Waals surface area contributed by atoms with Gasteiger partial charge in [-0.05, 0) is 6.42 Å². The van der Waals surface area contributed by atoms with Crippen molar-refractivity contribution in [2.24, 2.45) is 0 Å². The van der Waals surface area contributed by atoms with Crippen LogP contribution in [0.3, 0.4) is 0 Å². The van der Waals surface area contributed by atoms with Gasteiger partial charge in [-0.15, -0.1) is 0 Å². The number of rotatable bonds is 6. The van der Waals surface area contributed by atoms with Crippen molar-refractivity contribution in [3.8, 4) is 0 Å². The minimum absolute atomic E-state index is 0.208. The average molecular weight is 225 g/mol. The SMILES string of the molecule is CC(=O)OCC(=O)NCCCn1ccnc1. The third-order valence-electron chi connectivity index (χ3n) is 1.88. The van der Waals surface area contributed by atoms with Crippen molar-refractivity contribution >= 4 is 11.9 Å². The standard InChI is InChI=1S/C10H15N3O3/c1-9(14)16-7-10(15)12-3-2-5-13-6-4-11-8-13/h4,6,8H,2-3,5,7H2,1H3,(H,12,15). The zero-order valence-corrected chi connectivity index (χ0v) is 9.18. The Balaban J connectivity index is 2.02. The molecule has 1 aromatic rings. The Morgan fingerprint density at radius 3 is 2.94 bits per heavy atom. The number of carbonyl (C=O) groups is 2. The highest BCUT2D eigenvalue weighted by molar-refractivity contribution is 5.79. The van der Waals surface area contributed by atoms with Crippen molar-refractivity contribution in [1.29, 1.82) is 0 Å². The predicted octanol–water partition coefficient (Wildman–Crippen LogP) is -0.0475. The second-order valence-electron chi connectivity index (χ2n) is 3.28. The van der Waals surface area contributed by atoms with Crippen LogP contribution in [0.1, 0.15) is 13.3 Å². The molecule has 0 saturated heterocycles. The fourth-order valence-electron chi connectivity index (χ4n) is 1.13. The van der Waals surface area contributed by atoms with Gasteiger partial charge in [0.05, 0.1) is 6.33 Å². The Labute approximate surface area is 93.6 Å². The summed E-state index contributed by atoms with van der Waals surface area (Å²) in [7, 11) is 0. The fourth-order valence-corrected chi connectivity index (χ4v) is 1.13. The van der Waals surface area contributed by atoms with Gasteiger partial charge in [-0.1, -0.05) is 0 Å². The Morgan fingerprint density at radius 2 is 2.31 bits per heavy atom. The largest absolute Gasteiger partial charge is 0.456 e. The zero-order chi connectivity index (χ0) is 11.8. The first-order valence-corrected chi connectivity index (χ1v) is 5.04. The molecule has 0 aliphatic carbocycles. The number of aromatic nitrogens is 2. The molecule has 1 N–H and O–H groups in total. The summed E-state index contributed by atoms with van der Waals surface area (Å²) >= 11 is 0. The van der Waals surface area contributed by atoms with E-state index >= 15 is 0 Å². The van der Waals surface area contributed by atoms with Crippen molar-refractivity contribution in [1.82, 2.24) is 14.9 Å². The van der Waals surface area contributed by atoms with Crippen molar-refractivity contribution in [3.63, 3.8) is 0 Å². The molecule has 1 aromatic heterocycles. The van der Waals surface area contributed by atoms with E-state index in [9.17, 15) is 9.59 Å². The van der Waals surface area contributed by atoms with Gasteiger partial charge in [0.15, 0.2) is 6.61 Å². The summed E-state index contributed by atoms with van der Waals surface area (Å²) < 4.78 is 6.47. The molecule has 1 heterocycles. The molecule has 0 aliphatic rings. The number of amides is 1. The molecule has 0 aromatic carbocycles. The molecule has 0 saturated carbocycles. The Morgan fingerprint density at radius 1 is 1.50 bits per heavy atom. The first-order chi connectivity index (χ1) is 7.68. The van der Waals surface area contributed by atoms with Crippen molar-refractivity contribution in [2.45, 2.75) is 19.9 Å². The molecule has 16 heavy (non-hydrogen) atoms. The number of esters is 1. The summed E-state index contributed by atoms with van der Waals surface area (Å²) in [5.74, 6) is -0.727. The number of aryl methyl sites for hydroxylation is 1. The lowest BCUT2D eigenvalue weighted by atomic mass is 10.4. The van der Waals surface area contributed by atoms with Crippen LogP contribution in [0.25, 0.3) is 0 Å². The van der Waals surface area contributed by atoms with Crippen LogP contribution in [0.15, 0.2) is 18.7 Å². The molecular formula is C10H15N3O3. The second kappa shape index (κ2) is 6.60. The topological polar surface area (TPSA) is 73.2 Å². The van der Waals surface area contributed by atoms with Crippen LogP contribution in [0.4, 0.5) is 0 Å². The normalized spacial score (nSPS) is 9.81. The van der Waals surface area contributed by atoms with E-state index in [1.165, 1.54) is 6.92 Å². The smallest absolute Gasteiger partial charge is 0.303 e. The van der Waals surface area contributed by atoms with Gasteiger partial charge in [0, 0.05) is 32.4 Å². The maximum atomic E-state index is 11.1. The number of nitrogens with zero attached hydrogens (tertiary/aromatic N) is 2. The molecular weight excluding hydrogens is 210 g/mol. The number of hydrogen-bond acceptors (Lipinski definition) is 4. The second-order valence-corrected chi connectivity index (χ2v) is 3.28. The maximum absolute atomic E-state index is 11.1. The van der Waals surface area contributed by atoms with Crippen LogP contribution in [-0.4, -0.2) is 34.6 Å². The van der Waals surface area contributed by atoms with Crippen LogP contribution >= 0.6 is 0 Å². The van der Waals surface area contributed by atoms with Gasteiger partial charge in [0.25, 0.3) is 5.91 Å². The third kappa shape index (κ3) is 5.14. The molecule has 0 spiro atoms. The van der Waals surface area contributed by atoms with E-state index in [-0.39, 0.29) is 12.5 Å². The van der Waals surface area contributed by atoms with Gasteiger partial charge in [-0.3, -0.25) is 9.59 Å². The van der Waals surface area contributed by atoms with E-state index < -0.39 is 5.97 Å². The number of imidazole rings is 1. The monoisotopic (exact) mass is 225 g/mol. The lowest BCUT2D eigenvalue weighted by Crippen LogP contribution is -2.29. The summed E-state index contributed by atoms with van der Waals surface area (Å²) in [5.41, 5.74) is 0.